The van der Waals surface area contributed by atoms with E-state index in [4.69, 9.17) is 11.6 Å². The lowest BCUT2D eigenvalue weighted by Crippen LogP contribution is -2.47. The Hall–Kier alpha value is -1.35. The summed E-state index contributed by atoms with van der Waals surface area (Å²) in [5.41, 5.74) is -0.536. The highest BCUT2D eigenvalue weighted by Gasteiger charge is 2.50. The zero-order valence-electron chi connectivity index (χ0n) is 14.5. The van der Waals surface area contributed by atoms with Crippen molar-refractivity contribution in [1.29, 1.82) is 0 Å². The summed E-state index contributed by atoms with van der Waals surface area (Å²) in [5.74, 6) is -5.49. The molecule has 0 bridgehead atoms. The summed E-state index contributed by atoms with van der Waals surface area (Å²) in [6.07, 6.45) is 0.564. The predicted octanol–water partition coefficient (Wildman–Crippen LogP) is 3.46. The number of hydrogen-bond donors (Lipinski definition) is 3. The molecule has 9 heteroatoms. The van der Waals surface area contributed by atoms with Gasteiger partial charge in [0, 0.05) is 30.0 Å². The van der Waals surface area contributed by atoms with Crippen LogP contribution in [0.25, 0.3) is 10.9 Å². The standard InChI is InChI=1S/C18H21ClF3N3O2/c19-12-7-10-8-23-24-15(10)13(14(12)20)16(26)18(21,22)11-3-5-25(6-4-11)17(27)9-1-2-9/h7-9,11,16-17,26-27H,1-6H2,(H,23,24). The fourth-order valence-corrected chi connectivity index (χ4v) is 4.19. The first-order chi connectivity index (χ1) is 12.8. The zero-order valence-corrected chi connectivity index (χ0v) is 15.3. The van der Waals surface area contributed by atoms with E-state index in [0.717, 1.165) is 12.8 Å². The van der Waals surface area contributed by atoms with Crippen molar-refractivity contribution < 1.29 is 23.4 Å². The molecule has 3 N–H and O–H groups in total. The zero-order chi connectivity index (χ0) is 19.3. The third kappa shape index (κ3) is 3.33. The monoisotopic (exact) mass is 403 g/mol. The first kappa shape index (κ1) is 19.0. The van der Waals surface area contributed by atoms with E-state index in [1.807, 2.05) is 4.90 Å². The Morgan fingerprint density at radius 1 is 1.22 bits per heavy atom. The largest absolute Gasteiger partial charge is 0.382 e. The molecule has 0 amide bonds. The van der Waals surface area contributed by atoms with Crippen LogP contribution in [0.3, 0.4) is 0 Å². The second-order valence-corrected chi connectivity index (χ2v) is 7.97. The number of aliphatic hydroxyl groups is 2. The first-order valence-corrected chi connectivity index (χ1v) is 9.47. The Kier molecular flexibility index (Phi) is 4.86. The van der Waals surface area contributed by atoms with Crippen LogP contribution in [0.2, 0.25) is 5.02 Å². The molecule has 2 aliphatic rings. The highest BCUT2D eigenvalue weighted by molar-refractivity contribution is 6.31. The van der Waals surface area contributed by atoms with Gasteiger partial charge >= 0.3 is 0 Å². The quantitative estimate of drug-likeness (QED) is 0.715. The van der Waals surface area contributed by atoms with Gasteiger partial charge < -0.3 is 10.2 Å². The maximum absolute atomic E-state index is 15.1. The van der Waals surface area contributed by atoms with Gasteiger partial charge in [0.25, 0.3) is 5.92 Å². The number of hydrogen-bond acceptors (Lipinski definition) is 4. The molecule has 1 aromatic carbocycles. The number of nitrogens with one attached hydrogen (secondary N) is 1. The summed E-state index contributed by atoms with van der Waals surface area (Å²) < 4.78 is 44.6. The van der Waals surface area contributed by atoms with Crippen LogP contribution in [0.1, 0.15) is 37.4 Å². The molecule has 148 valence electrons. The maximum Gasteiger partial charge on any atom is 0.280 e. The van der Waals surface area contributed by atoms with Crippen LogP contribution in [-0.2, 0) is 0 Å². The molecule has 0 spiro atoms. The van der Waals surface area contributed by atoms with Crippen molar-refractivity contribution in [3.63, 3.8) is 0 Å². The molecule has 27 heavy (non-hydrogen) atoms. The van der Waals surface area contributed by atoms with E-state index < -0.39 is 35.6 Å². The highest BCUT2D eigenvalue weighted by Crippen LogP contribution is 2.46. The number of likely N-dealkylation sites (tertiary alicyclic amines) is 1. The minimum absolute atomic E-state index is 0.0191. The molecule has 1 aliphatic carbocycles. The topological polar surface area (TPSA) is 72.4 Å². The van der Waals surface area contributed by atoms with E-state index in [-0.39, 0.29) is 29.3 Å². The Morgan fingerprint density at radius 3 is 2.52 bits per heavy atom. The normalized spacial score (nSPS) is 22.3. The number of aromatic nitrogens is 2. The van der Waals surface area contributed by atoms with Crippen LogP contribution in [0.4, 0.5) is 13.2 Å². The number of aromatic amines is 1. The van der Waals surface area contributed by atoms with Gasteiger partial charge in [-0.1, -0.05) is 11.6 Å². The third-order valence-electron chi connectivity index (χ3n) is 5.80. The highest BCUT2D eigenvalue weighted by atomic mass is 35.5. The molecule has 1 saturated carbocycles. The first-order valence-electron chi connectivity index (χ1n) is 9.09. The van der Waals surface area contributed by atoms with Crippen LogP contribution >= 0.6 is 11.6 Å². The summed E-state index contributed by atoms with van der Waals surface area (Å²) in [6, 6.07) is 1.28. The van der Waals surface area contributed by atoms with Gasteiger partial charge in [-0.15, -0.1) is 0 Å². The van der Waals surface area contributed by atoms with Gasteiger partial charge in [-0.05, 0) is 37.7 Å². The molecule has 2 atom stereocenters. The smallest absolute Gasteiger partial charge is 0.280 e. The van der Waals surface area contributed by atoms with Crippen LogP contribution in [-0.4, -0.2) is 50.6 Å². The van der Waals surface area contributed by atoms with E-state index in [9.17, 15) is 14.6 Å². The molecule has 1 aliphatic heterocycles. The van der Waals surface area contributed by atoms with Crippen molar-refractivity contribution >= 4 is 22.5 Å². The number of H-pyrrole nitrogens is 1. The van der Waals surface area contributed by atoms with Crippen LogP contribution in [0.15, 0.2) is 12.3 Å². The van der Waals surface area contributed by atoms with E-state index in [2.05, 4.69) is 10.2 Å². The van der Waals surface area contributed by atoms with Crippen LogP contribution in [0, 0.1) is 17.7 Å². The molecule has 1 saturated heterocycles. The number of benzene rings is 1. The van der Waals surface area contributed by atoms with E-state index in [0.29, 0.717) is 18.5 Å². The summed E-state index contributed by atoms with van der Waals surface area (Å²) in [7, 11) is 0. The van der Waals surface area contributed by atoms with E-state index in [1.54, 1.807) is 0 Å². The molecular weight excluding hydrogens is 383 g/mol. The summed E-state index contributed by atoms with van der Waals surface area (Å²) >= 11 is 5.81. The number of halogens is 4. The van der Waals surface area contributed by atoms with Crippen LogP contribution in [0.5, 0.6) is 0 Å². The van der Waals surface area contributed by atoms with Crippen molar-refractivity contribution in [2.75, 3.05) is 13.1 Å². The van der Waals surface area contributed by atoms with Crippen molar-refractivity contribution in [3.8, 4) is 0 Å². The molecule has 0 radical (unpaired) electrons. The fraction of sp³-hybridized carbons (Fsp3) is 0.611. The Morgan fingerprint density at radius 2 is 1.89 bits per heavy atom. The maximum atomic E-state index is 15.1. The number of nitrogens with zero attached hydrogens (tertiary/aromatic N) is 2. The number of fused-ring (bicyclic) bond motifs is 1. The second-order valence-electron chi connectivity index (χ2n) is 7.56. The lowest BCUT2D eigenvalue weighted by molar-refractivity contribution is -0.167. The van der Waals surface area contributed by atoms with Gasteiger partial charge in [-0.3, -0.25) is 10.00 Å². The number of alkyl halides is 2. The molecule has 2 fully saturated rings. The molecular formula is C18H21ClF3N3O2. The fourth-order valence-electron chi connectivity index (χ4n) is 3.97. The van der Waals surface area contributed by atoms with Crippen molar-refractivity contribution in [1.82, 2.24) is 15.1 Å². The SMILES string of the molecule is OC(C1CC1)N1CCC(C(F)(F)C(O)c2c(F)c(Cl)cc3cn[nH]c23)CC1. The van der Waals surface area contributed by atoms with Gasteiger partial charge in [0.2, 0.25) is 0 Å². The lowest BCUT2D eigenvalue weighted by Gasteiger charge is -2.39. The average Bonchev–Trinajstić information content (AvgIpc) is 3.41. The van der Waals surface area contributed by atoms with Gasteiger partial charge in [0.1, 0.15) is 18.1 Å². The molecule has 5 nitrogen and oxygen atoms in total. The molecule has 4 rings (SSSR count). The van der Waals surface area contributed by atoms with Gasteiger partial charge in [-0.2, -0.15) is 5.10 Å². The third-order valence-corrected chi connectivity index (χ3v) is 6.07. The molecule has 2 unspecified atom stereocenters. The van der Waals surface area contributed by atoms with Crippen molar-refractivity contribution in [3.05, 3.63) is 28.7 Å². The molecule has 2 aromatic rings. The Bertz CT molecular complexity index is 835. The Labute approximate surface area is 159 Å². The summed E-state index contributed by atoms with van der Waals surface area (Å²) in [6.45, 7) is 0.643. The van der Waals surface area contributed by atoms with Gasteiger partial charge in [0.15, 0.2) is 0 Å². The van der Waals surface area contributed by atoms with Crippen molar-refractivity contribution in [2.24, 2.45) is 11.8 Å². The lowest BCUT2D eigenvalue weighted by atomic mass is 9.84. The van der Waals surface area contributed by atoms with Crippen LogP contribution < -0.4 is 0 Å². The number of piperidine rings is 1. The molecule has 1 aromatic heterocycles. The van der Waals surface area contributed by atoms with Gasteiger partial charge in [-0.25, -0.2) is 13.2 Å². The summed E-state index contributed by atoms with van der Waals surface area (Å²) in [5, 5.41) is 26.8. The predicted molar refractivity (Wildman–Crippen MR) is 94.0 cm³/mol. The molecule has 2 heterocycles. The summed E-state index contributed by atoms with van der Waals surface area (Å²) in [4.78, 5) is 1.81. The minimum Gasteiger partial charge on any atom is -0.382 e. The number of aliphatic hydroxyl groups excluding tert-OH is 2. The van der Waals surface area contributed by atoms with Gasteiger partial charge in [0.05, 0.1) is 16.7 Å². The van der Waals surface area contributed by atoms with Crippen molar-refractivity contribution in [2.45, 2.75) is 43.9 Å². The number of rotatable bonds is 5. The Balaban J connectivity index is 1.55. The minimum atomic E-state index is -3.54. The average molecular weight is 404 g/mol. The van der Waals surface area contributed by atoms with E-state index in [1.165, 1.54) is 12.3 Å². The van der Waals surface area contributed by atoms with E-state index >= 15 is 8.78 Å². The second kappa shape index (κ2) is 6.92.